The number of rotatable bonds is 4. The SMILES string of the molecule is O=S(=O)(Nc1nc(-c2cccs2)cs1)c1ccc(Cl)s1. The van der Waals surface area contributed by atoms with E-state index in [0.717, 1.165) is 21.9 Å². The number of nitrogens with one attached hydrogen (secondary N) is 1. The van der Waals surface area contributed by atoms with Crippen LogP contribution in [0.1, 0.15) is 0 Å². The fraction of sp³-hybridized carbons (Fsp3) is 0. The van der Waals surface area contributed by atoms with Gasteiger partial charge in [0.15, 0.2) is 5.13 Å². The predicted molar refractivity (Wildman–Crippen MR) is 85.6 cm³/mol. The van der Waals surface area contributed by atoms with Crippen LogP contribution in [-0.4, -0.2) is 13.4 Å². The summed E-state index contributed by atoms with van der Waals surface area (Å²) in [4.78, 5) is 5.29. The quantitative estimate of drug-likeness (QED) is 0.748. The highest BCUT2D eigenvalue weighted by Crippen LogP contribution is 2.31. The molecule has 0 saturated carbocycles. The lowest BCUT2D eigenvalue weighted by Gasteiger charge is -2.01. The molecule has 20 heavy (non-hydrogen) atoms. The summed E-state index contributed by atoms with van der Waals surface area (Å²) in [6.45, 7) is 0. The van der Waals surface area contributed by atoms with Crippen molar-refractivity contribution < 1.29 is 8.42 Å². The van der Waals surface area contributed by atoms with Crippen LogP contribution in [0.5, 0.6) is 0 Å². The highest BCUT2D eigenvalue weighted by molar-refractivity contribution is 7.94. The second kappa shape index (κ2) is 5.45. The first-order valence-corrected chi connectivity index (χ1v) is 9.76. The largest absolute Gasteiger partial charge is 0.273 e. The summed E-state index contributed by atoms with van der Waals surface area (Å²) in [5.41, 5.74) is 0.770. The topological polar surface area (TPSA) is 59.1 Å². The molecule has 104 valence electrons. The lowest BCUT2D eigenvalue weighted by Crippen LogP contribution is -2.11. The summed E-state index contributed by atoms with van der Waals surface area (Å²) >= 11 is 9.58. The van der Waals surface area contributed by atoms with Gasteiger partial charge in [0.2, 0.25) is 0 Å². The van der Waals surface area contributed by atoms with Gasteiger partial charge in [-0.2, -0.15) is 0 Å². The number of anilines is 1. The zero-order chi connectivity index (χ0) is 14.2. The number of halogens is 1. The van der Waals surface area contributed by atoms with E-state index in [1.165, 1.54) is 17.4 Å². The summed E-state index contributed by atoms with van der Waals surface area (Å²) in [5.74, 6) is 0. The molecule has 0 aromatic carbocycles. The Morgan fingerprint density at radius 2 is 2.05 bits per heavy atom. The summed E-state index contributed by atoms with van der Waals surface area (Å²) in [6.07, 6.45) is 0. The molecule has 0 aliphatic rings. The molecule has 1 N–H and O–H groups in total. The second-order valence-electron chi connectivity index (χ2n) is 3.68. The molecule has 3 aromatic heterocycles. The third-order valence-corrected chi connectivity index (χ3v) is 7.15. The number of sulfonamides is 1. The third kappa shape index (κ3) is 2.89. The van der Waals surface area contributed by atoms with Crippen molar-refractivity contribution in [3.8, 4) is 10.6 Å². The molecular formula is C11H7ClN2O2S4. The van der Waals surface area contributed by atoms with Crippen LogP contribution in [-0.2, 0) is 10.0 Å². The van der Waals surface area contributed by atoms with E-state index in [0.29, 0.717) is 9.47 Å². The van der Waals surface area contributed by atoms with Crippen molar-refractivity contribution in [2.75, 3.05) is 4.72 Å². The lowest BCUT2D eigenvalue weighted by molar-refractivity contribution is 0.603. The van der Waals surface area contributed by atoms with Gasteiger partial charge in [-0.25, -0.2) is 13.4 Å². The van der Waals surface area contributed by atoms with Gasteiger partial charge in [-0.05, 0) is 23.6 Å². The van der Waals surface area contributed by atoms with Crippen LogP contribution in [0.3, 0.4) is 0 Å². The van der Waals surface area contributed by atoms with Crippen LogP contribution in [0.4, 0.5) is 5.13 Å². The second-order valence-corrected chi connectivity index (χ2v) is 9.11. The fourth-order valence-electron chi connectivity index (χ4n) is 1.47. The normalized spacial score (nSPS) is 11.7. The maximum atomic E-state index is 12.1. The van der Waals surface area contributed by atoms with E-state index in [9.17, 15) is 8.42 Å². The molecule has 0 unspecified atom stereocenters. The maximum Gasteiger partial charge on any atom is 0.273 e. The molecule has 0 radical (unpaired) electrons. The van der Waals surface area contributed by atoms with Gasteiger partial charge in [0, 0.05) is 5.38 Å². The van der Waals surface area contributed by atoms with Crippen molar-refractivity contribution in [3.63, 3.8) is 0 Å². The Morgan fingerprint density at radius 3 is 2.70 bits per heavy atom. The van der Waals surface area contributed by atoms with Gasteiger partial charge in [-0.15, -0.1) is 34.0 Å². The minimum atomic E-state index is -3.61. The number of thiophene rings is 2. The highest BCUT2D eigenvalue weighted by atomic mass is 35.5. The Hall–Kier alpha value is -0.930. The lowest BCUT2D eigenvalue weighted by atomic mass is 10.4. The van der Waals surface area contributed by atoms with Crippen molar-refractivity contribution >= 4 is 60.8 Å². The molecule has 9 heteroatoms. The van der Waals surface area contributed by atoms with Crippen molar-refractivity contribution in [2.45, 2.75) is 4.21 Å². The summed E-state index contributed by atoms with van der Waals surface area (Å²) in [5, 5.41) is 4.12. The maximum absolute atomic E-state index is 12.1. The average Bonchev–Trinajstić information content (AvgIpc) is 3.06. The monoisotopic (exact) mass is 362 g/mol. The predicted octanol–water partition coefficient (Wildman–Crippen LogP) is 4.39. The van der Waals surface area contributed by atoms with Crippen molar-refractivity contribution in [3.05, 3.63) is 39.4 Å². The molecular weight excluding hydrogens is 356 g/mol. The highest BCUT2D eigenvalue weighted by Gasteiger charge is 2.18. The Morgan fingerprint density at radius 1 is 1.20 bits per heavy atom. The Bertz CT molecular complexity index is 820. The summed E-state index contributed by atoms with van der Waals surface area (Å²) in [7, 11) is -3.61. The molecule has 0 aliphatic heterocycles. The van der Waals surface area contributed by atoms with Crippen molar-refractivity contribution in [1.82, 2.24) is 4.98 Å². The zero-order valence-corrected chi connectivity index (χ0v) is 13.8. The van der Waals surface area contributed by atoms with Crippen LogP contribution >= 0.6 is 45.6 Å². The zero-order valence-electron chi connectivity index (χ0n) is 9.74. The molecule has 0 saturated heterocycles. The molecule has 3 rings (SSSR count). The van der Waals surface area contributed by atoms with Gasteiger partial charge in [-0.1, -0.05) is 17.7 Å². The number of nitrogens with zero attached hydrogens (tertiary/aromatic N) is 1. The van der Waals surface area contributed by atoms with Crippen LogP contribution in [0.2, 0.25) is 4.34 Å². The van der Waals surface area contributed by atoms with Crippen molar-refractivity contribution in [2.24, 2.45) is 0 Å². The first-order chi connectivity index (χ1) is 9.54. The molecule has 0 fully saturated rings. The minimum Gasteiger partial charge on any atom is -0.254 e. The molecule has 0 spiro atoms. The van der Waals surface area contributed by atoms with E-state index >= 15 is 0 Å². The van der Waals surface area contributed by atoms with Gasteiger partial charge in [-0.3, -0.25) is 4.72 Å². The van der Waals surface area contributed by atoms with E-state index in [1.54, 1.807) is 17.4 Å². The molecule has 3 heterocycles. The Labute approximate surface area is 132 Å². The van der Waals surface area contributed by atoms with Crippen LogP contribution in [0.15, 0.2) is 39.2 Å². The van der Waals surface area contributed by atoms with Crippen LogP contribution < -0.4 is 4.72 Å². The van der Waals surface area contributed by atoms with E-state index in [2.05, 4.69) is 9.71 Å². The van der Waals surface area contributed by atoms with Crippen LogP contribution in [0, 0.1) is 0 Å². The van der Waals surface area contributed by atoms with Gasteiger partial charge in [0.25, 0.3) is 10.0 Å². The Kier molecular flexibility index (Phi) is 3.83. The molecule has 0 aliphatic carbocycles. The van der Waals surface area contributed by atoms with E-state index in [-0.39, 0.29) is 4.21 Å². The van der Waals surface area contributed by atoms with E-state index < -0.39 is 10.0 Å². The number of hydrogen-bond donors (Lipinski definition) is 1. The molecule has 4 nitrogen and oxygen atoms in total. The van der Waals surface area contributed by atoms with Crippen LogP contribution in [0.25, 0.3) is 10.6 Å². The van der Waals surface area contributed by atoms with Gasteiger partial charge in [0.1, 0.15) is 4.21 Å². The smallest absolute Gasteiger partial charge is 0.254 e. The summed E-state index contributed by atoms with van der Waals surface area (Å²) in [6, 6.07) is 6.90. The third-order valence-electron chi connectivity index (χ3n) is 2.31. The number of aromatic nitrogens is 1. The first-order valence-electron chi connectivity index (χ1n) is 5.32. The number of thiazole rings is 1. The number of hydrogen-bond acceptors (Lipinski definition) is 6. The Balaban J connectivity index is 1.85. The standard InChI is InChI=1S/C11H7ClN2O2S4/c12-9-3-4-10(19-9)20(15,16)14-11-13-7(6-18-11)8-2-1-5-17-8/h1-6H,(H,13,14). The first kappa shape index (κ1) is 14.0. The van der Waals surface area contributed by atoms with Crippen molar-refractivity contribution in [1.29, 1.82) is 0 Å². The average molecular weight is 363 g/mol. The molecule has 3 aromatic rings. The van der Waals surface area contributed by atoms with Gasteiger partial charge < -0.3 is 0 Å². The minimum absolute atomic E-state index is 0.176. The molecule has 0 bridgehead atoms. The molecule has 0 amide bonds. The van der Waals surface area contributed by atoms with Gasteiger partial charge >= 0.3 is 0 Å². The van der Waals surface area contributed by atoms with E-state index in [4.69, 9.17) is 11.6 Å². The van der Waals surface area contributed by atoms with Gasteiger partial charge in [0.05, 0.1) is 14.9 Å². The summed E-state index contributed by atoms with van der Waals surface area (Å²) < 4.78 is 27.3. The fourth-order valence-corrected chi connectivity index (χ4v) is 5.67. The van der Waals surface area contributed by atoms with E-state index in [1.807, 2.05) is 22.9 Å². The molecule has 0 atom stereocenters.